The summed E-state index contributed by atoms with van der Waals surface area (Å²) in [4.78, 5) is 0. The summed E-state index contributed by atoms with van der Waals surface area (Å²) in [6, 6.07) is 5.13. The van der Waals surface area contributed by atoms with Crippen LogP contribution in [-0.2, 0) is 0 Å². The highest BCUT2D eigenvalue weighted by Crippen LogP contribution is 2.47. The van der Waals surface area contributed by atoms with Gasteiger partial charge in [-0.2, -0.15) is 61.5 Å². The molecule has 0 atom stereocenters. The van der Waals surface area contributed by atoms with Crippen molar-refractivity contribution >= 4 is 10.8 Å². The lowest BCUT2D eigenvalue weighted by atomic mass is 9.95. The van der Waals surface area contributed by atoms with Crippen molar-refractivity contribution < 1.29 is 61.5 Å². The Kier molecular flexibility index (Phi) is 6.82. The smallest absolute Gasteiger partial charge is 0.188 e. The maximum absolute atomic E-state index is 13.5. The summed E-state index contributed by atoms with van der Waals surface area (Å²) in [6.07, 6.45) is -13.3. The third kappa shape index (κ3) is 4.97. The Hall–Kier alpha value is -3.16. The summed E-state index contributed by atoms with van der Waals surface area (Å²) in [5, 5.41) is -0.645. The lowest BCUT2D eigenvalue weighted by molar-refractivity contribution is -0.339. The molecule has 0 heterocycles. The van der Waals surface area contributed by atoms with Crippen molar-refractivity contribution in [3.05, 3.63) is 47.0 Å². The monoisotopic (exact) mass is 526 g/mol. The van der Waals surface area contributed by atoms with Crippen LogP contribution < -0.4 is 0 Å². The zero-order valence-corrected chi connectivity index (χ0v) is 16.7. The molecule has 0 aliphatic heterocycles. The summed E-state index contributed by atoms with van der Waals surface area (Å²) in [6.45, 7) is 1.00. The van der Waals surface area contributed by atoms with Crippen LogP contribution in [0.5, 0.6) is 0 Å². The molecule has 0 saturated heterocycles. The van der Waals surface area contributed by atoms with Gasteiger partial charge in [0.05, 0.1) is 0 Å². The Bertz CT molecular complexity index is 1240. The minimum Gasteiger partial charge on any atom is -0.188 e. The van der Waals surface area contributed by atoms with E-state index in [9.17, 15) is 61.5 Å². The van der Waals surface area contributed by atoms with Gasteiger partial charge in [0.25, 0.3) is 0 Å². The molecule has 0 aromatic heterocycles. The van der Waals surface area contributed by atoms with E-state index in [0.29, 0.717) is 11.8 Å². The van der Waals surface area contributed by atoms with Gasteiger partial charge in [0, 0.05) is 11.1 Å². The first kappa shape index (κ1) is 28.1. The number of alkyl halides is 14. The van der Waals surface area contributed by atoms with Crippen molar-refractivity contribution in [1.29, 1.82) is 0 Å². The fourth-order valence-corrected chi connectivity index (χ4v) is 2.58. The van der Waals surface area contributed by atoms with Crippen LogP contribution in [0.3, 0.4) is 0 Å². The average Bonchev–Trinajstić information content (AvgIpc) is 2.69. The standard InChI is InChI=1S/C21H8F14/c1-11-10-12(6-8-16(22,23)18(26,27)20(30,31)32)14-4-2-3-5-15(14)13(11)7-9-17(24,25)19(28,29)21(33,34)35/h2-5,10H,1H3. The first-order valence-corrected chi connectivity index (χ1v) is 8.80. The highest BCUT2D eigenvalue weighted by atomic mass is 19.4. The molecule has 0 bridgehead atoms. The van der Waals surface area contributed by atoms with E-state index in [-0.39, 0.29) is 16.3 Å². The Morgan fingerprint density at radius 2 is 0.971 bits per heavy atom. The Labute approximate surface area is 186 Å². The molecule has 2 aromatic rings. The van der Waals surface area contributed by atoms with Gasteiger partial charge >= 0.3 is 36.0 Å². The first-order chi connectivity index (χ1) is 15.6. The summed E-state index contributed by atoms with van der Waals surface area (Å²) < 4.78 is 180. The maximum Gasteiger partial charge on any atom is 0.461 e. The quantitative estimate of drug-likeness (QED) is 0.281. The van der Waals surface area contributed by atoms with Gasteiger partial charge in [0.15, 0.2) is 0 Å². The molecule has 14 heteroatoms. The molecule has 0 radical (unpaired) electrons. The summed E-state index contributed by atoms with van der Waals surface area (Å²) in [5.74, 6) is -20.9. The second kappa shape index (κ2) is 8.50. The second-order valence-electron chi connectivity index (χ2n) is 6.95. The van der Waals surface area contributed by atoms with Crippen molar-refractivity contribution in [1.82, 2.24) is 0 Å². The average molecular weight is 526 g/mol. The van der Waals surface area contributed by atoms with Crippen molar-refractivity contribution in [3.8, 4) is 23.7 Å². The minimum absolute atomic E-state index is 0.318. The number of rotatable bonds is 2. The normalized spacial score (nSPS) is 13.7. The number of fused-ring (bicyclic) bond motifs is 1. The number of hydrogen-bond donors (Lipinski definition) is 0. The minimum atomic E-state index is -6.65. The lowest BCUT2D eigenvalue weighted by Gasteiger charge is -2.24. The maximum atomic E-state index is 13.5. The highest BCUT2D eigenvalue weighted by molar-refractivity contribution is 5.94. The number of aryl methyl sites for hydroxylation is 1. The van der Waals surface area contributed by atoms with E-state index in [2.05, 4.69) is 0 Å². The van der Waals surface area contributed by atoms with Crippen LogP contribution in [0.1, 0.15) is 16.7 Å². The van der Waals surface area contributed by atoms with E-state index in [1.54, 1.807) is 0 Å². The van der Waals surface area contributed by atoms with E-state index >= 15 is 0 Å². The van der Waals surface area contributed by atoms with E-state index in [1.165, 1.54) is 24.0 Å². The van der Waals surface area contributed by atoms with E-state index in [4.69, 9.17) is 0 Å². The summed E-state index contributed by atoms with van der Waals surface area (Å²) >= 11 is 0. The molecule has 0 unspecified atom stereocenters. The Morgan fingerprint density at radius 3 is 1.40 bits per heavy atom. The number of benzene rings is 2. The molecule has 0 aliphatic rings. The van der Waals surface area contributed by atoms with Crippen molar-refractivity contribution in [2.24, 2.45) is 0 Å². The topological polar surface area (TPSA) is 0 Å². The van der Waals surface area contributed by atoms with Gasteiger partial charge in [-0.3, -0.25) is 0 Å². The fourth-order valence-electron chi connectivity index (χ4n) is 2.58. The van der Waals surface area contributed by atoms with Gasteiger partial charge in [-0.05, 0) is 41.2 Å². The van der Waals surface area contributed by atoms with E-state index in [1.807, 2.05) is 0 Å². The summed E-state index contributed by atoms with van der Waals surface area (Å²) in [7, 11) is 0. The Balaban J connectivity index is 2.68. The highest BCUT2D eigenvalue weighted by Gasteiger charge is 2.73. The third-order valence-corrected chi connectivity index (χ3v) is 4.44. The van der Waals surface area contributed by atoms with Crippen LogP contribution in [0.2, 0.25) is 0 Å². The number of hydrogen-bond acceptors (Lipinski definition) is 0. The molecule has 0 saturated carbocycles. The van der Waals surface area contributed by atoms with E-state index < -0.39 is 47.2 Å². The molecule has 190 valence electrons. The van der Waals surface area contributed by atoms with Gasteiger partial charge in [-0.15, -0.1) is 0 Å². The third-order valence-electron chi connectivity index (χ3n) is 4.44. The molecular formula is C21H8F14. The second-order valence-corrected chi connectivity index (χ2v) is 6.95. The zero-order valence-electron chi connectivity index (χ0n) is 16.7. The van der Waals surface area contributed by atoms with Crippen LogP contribution in [0.4, 0.5) is 61.5 Å². The molecule has 0 spiro atoms. The molecule has 0 amide bonds. The molecule has 0 nitrogen and oxygen atoms in total. The molecule has 0 fully saturated rings. The molecule has 35 heavy (non-hydrogen) atoms. The van der Waals surface area contributed by atoms with Crippen LogP contribution in [0.25, 0.3) is 10.8 Å². The van der Waals surface area contributed by atoms with Crippen molar-refractivity contribution in [3.63, 3.8) is 0 Å². The van der Waals surface area contributed by atoms with Crippen molar-refractivity contribution in [2.75, 3.05) is 0 Å². The van der Waals surface area contributed by atoms with Crippen LogP contribution in [0.15, 0.2) is 30.3 Å². The molecule has 2 rings (SSSR count). The summed E-state index contributed by atoms with van der Waals surface area (Å²) in [5.41, 5.74) is -1.50. The van der Waals surface area contributed by atoms with Gasteiger partial charge in [-0.25, -0.2) is 0 Å². The largest absolute Gasteiger partial charge is 0.461 e. The molecular weight excluding hydrogens is 518 g/mol. The first-order valence-electron chi connectivity index (χ1n) is 8.80. The van der Waals surface area contributed by atoms with Crippen LogP contribution in [-0.4, -0.2) is 36.0 Å². The molecule has 2 aromatic carbocycles. The SMILES string of the molecule is Cc1cc(C#CC(F)(F)C(F)(F)C(F)(F)F)c2ccccc2c1C#CC(F)(F)C(F)(F)C(F)(F)F. The predicted molar refractivity (Wildman–Crippen MR) is 94.3 cm³/mol. The van der Waals surface area contributed by atoms with Gasteiger partial charge in [0.2, 0.25) is 0 Å². The number of halogens is 14. The van der Waals surface area contributed by atoms with Gasteiger partial charge in [-0.1, -0.05) is 36.1 Å². The zero-order chi connectivity index (χ0) is 27.3. The fraction of sp³-hybridized carbons (Fsp3) is 0.333. The van der Waals surface area contributed by atoms with Crippen molar-refractivity contribution in [2.45, 2.75) is 43.0 Å². The molecule has 0 N–H and O–H groups in total. The van der Waals surface area contributed by atoms with Gasteiger partial charge in [0.1, 0.15) is 0 Å². The van der Waals surface area contributed by atoms with Gasteiger partial charge < -0.3 is 0 Å². The van der Waals surface area contributed by atoms with E-state index in [0.717, 1.165) is 25.1 Å². The molecule has 0 aliphatic carbocycles. The lowest BCUT2D eigenvalue weighted by Crippen LogP contribution is -2.51. The predicted octanol–water partition coefficient (Wildman–Crippen LogP) is 7.52. The Morgan fingerprint density at radius 1 is 0.571 bits per heavy atom. The van der Waals surface area contributed by atoms with Crippen LogP contribution in [0, 0.1) is 30.6 Å². The van der Waals surface area contributed by atoms with Crippen LogP contribution >= 0.6 is 0 Å².